The topological polar surface area (TPSA) is 38.3 Å². The van der Waals surface area contributed by atoms with E-state index in [9.17, 15) is 4.79 Å². The van der Waals surface area contributed by atoms with Crippen molar-refractivity contribution >= 4 is 40.9 Å². The fraction of sp³-hybridized carbons (Fsp3) is 0.533. The van der Waals surface area contributed by atoms with Gasteiger partial charge in [0.25, 0.3) is 0 Å². The van der Waals surface area contributed by atoms with Crippen LogP contribution in [0.2, 0.25) is 10.0 Å². The summed E-state index contributed by atoms with van der Waals surface area (Å²) >= 11 is 13.5. The van der Waals surface area contributed by atoms with E-state index < -0.39 is 5.54 Å². The van der Waals surface area contributed by atoms with Crippen LogP contribution in [0.3, 0.4) is 0 Å². The van der Waals surface area contributed by atoms with E-state index in [0.29, 0.717) is 16.5 Å². The predicted octanol–water partition coefficient (Wildman–Crippen LogP) is 4.41. The summed E-state index contributed by atoms with van der Waals surface area (Å²) in [5, 5.41) is 4.36. The number of carbonyl (C=O) groups is 1. The number of esters is 1. The second kappa shape index (κ2) is 8.89. The van der Waals surface area contributed by atoms with E-state index in [4.69, 9.17) is 27.9 Å². The SMILES string of the molecule is CCCNC(C)(CCSc1ccc(Cl)c(Cl)c1)C(=O)OC. The molecule has 1 N–H and O–H groups in total. The monoisotopic (exact) mass is 349 g/mol. The second-order valence-electron chi connectivity index (χ2n) is 4.92. The minimum atomic E-state index is -0.659. The zero-order chi connectivity index (χ0) is 15.9. The van der Waals surface area contributed by atoms with Gasteiger partial charge in [-0.15, -0.1) is 11.8 Å². The first-order valence-corrected chi connectivity index (χ1v) is 8.58. The van der Waals surface area contributed by atoms with Crippen LogP contribution in [0.4, 0.5) is 0 Å². The Kier molecular flexibility index (Phi) is 7.88. The van der Waals surface area contributed by atoms with E-state index in [1.165, 1.54) is 7.11 Å². The summed E-state index contributed by atoms with van der Waals surface area (Å²) in [6.07, 6.45) is 1.64. The molecule has 1 aromatic rings. The number of benzene rings is 1. The van der Waals surface area contributed by atoms with Crippen LogP contribution in [0.5, 0.6) is 0 Å². The quantitative estimate of drug-likeness (QED) is 0.557. The molecule has 0 aliphatic carbocycles. The highest BCUT2D eigenvalue weighted by molar-refractivity contribution is 7.99. The Morgan fingerprint density at radius 2 is 2.10 bits per heavy atom. The van der Waals surface area contributed by atoms with Gasteiger partial charge in [-0.25, -0.2) is 0 Å². The summed E-state index contributed by atoms with van der Waals surface area (Å²) in [5.41, 5.74) is -0.659. The number of methoxy groups -OCH3 is 1. The fourth-order valence-electron chi connectivity index (χ4n) is 1.83. The lowest BCUT2D eigenvalue weighted by atomic mass is 9.99. The molecule has 1 aromatic carbocycles. The van der Waals surface area contributed by atoms with Gasteiger partial charge in [-0.05, 0) is 44.5 Å². The zero-order valence-corrected chi connectivity index (χ0v) is 14.9. The normalized spacial score (nSPS) is 13.8. The molecule has 1 unspecified atom stereocenters. The maximum atomic E-state index is 11.9. The van der Waals surface area contributed by atoms with Crippen LogP contribution in [-0.2, 0) is 9.53 Å². The molecule has 1 rings (SSSR count). The Hall–Kier alpha value is -0.420. The number of carbonyl (C=O) groups excluding carboxylic acids is 1. The Morgan fingerprint density at radius 3 is 2.67 bits per heavy atom. The molecule has 0 aromatic heterocycles. The number of halogens is 2. The first kappa shape index (κ1) is 18.6. The number of hydrogen-bond acceptors (Lipinski definition) is 4. The van der Waals surface area contributed by atoms with Gasteiger partial charge < -0.3 is 10.1 Å². The molecule has 0 fully saturated rings. The third kappa shape index (κ3) is 5.70. The highest BCUT2D eigenvalue weighted by Gasteiger charge is 2.33. The van der Waals surface area contributed by atoms with E-state index >= 15 is 0 Å². The van der Waals surface area contributed by atoms with Crippen LogP contribution < -0.4 is 5.32 Å². The Bertz CT molecular complexity index is 485. The second-order valence-corrected chi connectivity index (χ2v) is 6.91. The number of thioether (sulfide) groups is 1. The van der Waals surface area contributed by atoms with Gasteiger partial charge in [0.1, 0.15) is 5.54 Å². The fourth-order valence-corrected chi connectivity index (χ4v) is 3.30. The summed E-state index contributed by atoms with van der Waals surface area (Å²) in [5.74, 6) is 0.547. The molecule has 21 heavy (non-hydrogen) atoms. The summed E-state index contributed by atoms with van der Waals surface area (Å²) in [4.78, 5) is 13.0. The predicted molar refractivity (Wildman–Crippen MR) is 90.5 cm³/mol. The van der Waals surface area contributed by atoms with Gasteiger partial charge in [0, 0.05) is 10.6 Å². The van der Waals surface area contributed by atoms with E-state index in [1.807, 2.05) is 19.1 Å². The molecule has 0 saturated heterocycles. The van der Waals surface area contributed by atoms with Crippen molar-refractivity contribution in [2.45, 2.75) is 37.1 Å². The third-order valence-electron chi connectivity index (χ3n) is 3.16. The van der Waals surface area contributed by atoms with E-state index in [1.54, 1.807) is 17.8 Å². The molecule has 0 bridgehead atoms. The molecule has 0 amide bonds. The lowest BCUT2D eigenvalue weighted by Gasteiger charge is -2.27. The largest absolute Gasteiger partial charge is 0.468 e. The number of hydrogen-bond donors (Lipinski definition) is 1. The van der Waals surface area contributed by atoms with Gasteiger partial charge in [-0.2, -0.15) is 0 Å². The van der Waals surface area contributed by atoms with Crippen LogP contribution in [0.1, 0.15) is 26.7 Å². The average Bonchev–Trinajstić information content (AvgIpc) is 2.48. The number of ether oxygens (including phenoxy) is 1. The van der Waals surface area contributed by atoms with Gasteiger partial charge >= 0.3 is 5.97 Å². The molecule has 6 heteroatoms. The van der Waals surface area contributed by atoms with E-state index in [-0.39, 0.29) is 5.97 Å². The van der Waals surface area contributed by atoms with Crippen LogP contribution in [0, 0.1) is 0 Å². The smallest absolute Gasteiger partial charge is 0.325 e. The molecule has 3 nitrogen and oxygen atoms in total. The summed E-state index contributed by atoms with van der Waals surface area (Å²) in [6.45, 7) is 4.72. The van der Waals surface area contributed by atoms with Crippen molar-refractivity contribution in [3.05, 3.63) is 28.2 Å². The first-order valence-electron chi connectivity index (χ1n) is 6.84. The van der Waals surface area contributed by atoms with Crippen molar-refractivity contribution in [2.75, 3.05) is 19.4 Å². The Labute approximate surface area is 140 Å². The zero-order valence-electron chi connectivity index (χ0n) is 12.5. The molecule has 0 radical (unpaired) electrons. The molecule has 118 valence electrons. The molecule has 0 aliphatic rings. The maximum absolute atomic E-state index is 11.9. The molecular formula is C15H21Cl2NO2S. The first-order chi connectivity index (χ1) is 9.92. The molecule has 0 spiro atoms. The molecule has 0 aliphatic heterocycles. The summed E-state index contributed by atoms with van der Waals surface area (Å²) < 4.78 is 4.90. The van der Waals surface area contributed by atoms with Crippen molar-refractivity contribution in [1.82, 2.24) is 5.32 Å². The van der Waals surface area contributed by atoms with Crippen LogP contribution >= 0.6 is 35.0 Å². The lowest BCUT2D eigenvalue weighted by Crippen LogP contribution is -2.50. The van der Waals surface area contributed by atoms with Gasteiger partial charge in [0.15, 0.2) is 0 Å². The molecule has 0 heterocycles. The van der Waals surface area contributed by atoms with Crippen LogP contribution in [-0.4, -0.2) is 30.9 Å². The third-order valence-corrected chi connectivity index (χ3v) is 4.90. The van der Waals surface area contributed by atoms with E-state index in [2.05, 4.69) is 12.2 Å². The van der Waals surface area contributed by atoms with Crippen molar-refractivity contribution in [2.24, 2.45) is 0 Å². The average molecular weight is 350 g/mol. The number of rotatable bonds is 8. The van der Waals surface area contributed by atoms with Crippen molar-refractivity contribution in [1.29, 1.82) is 0 Å². The highest BCUT2D eigenvalue weighted by Crippen LogP contribution is 2.29. The van der Waals surface area contributed by atoms with Crippen molar-refractivity contribution in [3.63, 3.8) is 0 Å². The lowest BCUT2D eigenvalue weighted by molar-refractivity contribution is -0.148. The molecule has 1 atom stereocenters. The van der Waals surface area contributed by atoms with Gasteiger partial charge in [-0.3, -0.25) is 4.79 Å². The van der Waals surface area contributed by atoms with Gasteiger partial charge in [-0.1, -0.05) is 30.1 Å². The van der Waals surface area contributed by atoms with Crippen molar-refractivity contribution < 1.29 is 9.53 Å². The van der Waals surface area contributed by atoms with Crippen LogP contribution in [0.15, 0.2) is 23.1 Å². The standard InChI is InChI=1S/C15H21Cl2NO2S/c1-4-8-18-15(2,14(19)20-3)7-9-21-11-5-6-12(16)13(17)10-11/h5-6,10,18H,4,7-9H2,1-3H3. The number of nitrogens with one attached hydrogen (secondary N) is 1. The van der Waals surface area contributed by atoms with Gasteiger partial charge in [0.05, 0.1) is 17.2 Å². The highest BCUT2D eigenvalue weighted by atomic mass is 35.5. The van der Waals surface area contributed by atoms with E-state index in [0.717, 1.165) is 23.6 Å². The minimum Gasteiger partial charge on any atom is -0.468 e. The molecule has 0 saturated carbocycles. The Balaban J connectivity index is 2.60. The summed E-state index contributed by atoms with van der Waals surface area (Å²) in [7, 11) is 1.42. The maximum Gasteiger partial charge on any atom is 0.325 e. The Morgan fingerprint density at radius 1 is 1.38 bits per heavy atom. The summed E-state index contributed by atoms with van der Waals surface area (Å²) in [6, 6.07) is 5.54. The van der Waals surface area contributed by atoms with Crippen LogP contribution in [0.25, 0.3) is 0 Å². The minimum absolute atomic E-state index is 0.231. The van der Waals surface area contributed by atoms with Gasteiger partial charge in [0.2, 0.25) is 0 Å². The molecular weight excluding hydrogens is 329 g/mol. The van der Waals surface area contributed by atoms with Crippen molar-refractivity contribution in [3.8, 4) is 0 Å².